The smallest absolute Gasteiger partial charge is 0.291 e. The topological polar surface area (TPSA) is 65.2 Å². The normalized spacial score (nSPS) is 12.7. The molecule has 0 spiro atoms. The van der Waals surface area contributed by atoms with Crippen molar-refractivity contribution in [3.05, 3.63) is 28.8 Å². The molecule has 0 atom stereocenters. The van der Waals surface area contributed by atoms with E-state index in [1.807, 2.05) is 0 Å². The van der Waals surface area contributed by atoms with Gasteiger partial charge in [-0.1, -0.05) is 32.4 Å². The van der Waals surface area contributed by atoms with Gasteiger partial charge in [-0.15, -0.1) is 0 Å². The Morgan fingerprint density at radius 2 is 1.91 bits per heavy atom. The van der Waals surface area contributed by atoms with Gasteiger partial charge in [-0.3, -0.25) is 10.2 Å². The molecule has 1 N–H and O–H groups in total. The molecule has 4 nitrogen and oxygen atoms in total. The summed E-state index contributed by atoms with van der Waals surface area (Å²) in [7, 11) is 0. The van der Waals surface area contributed by atoms with Crippen molar-refractivity contribution < 1.29 is 18.0 Å². The number of Topliss-reactive ketones (excluding diaryl/α,β-unsaturated/α-hetero) is 1. The highest BCUT2D eigenvalue weighted by molar-refractivity contribution is 6.47. The maximum Gasteiger partial charge on any atom is 0.418 e. The number of carbonyl (C=O) groups excluding carboxylic acids is 1. The number of ketones is 1. The van der Waals surface area contributed by atoms with Gasteiger partial charge in [0, 0.05) is 10.4 Å². The van der Waals surface area contributed by atoms with Gasteiger partial charge < -0.3 is 0 Å². The van der Waals surface area contributed by atoms with Crippen LogP contribution in [-0.2, 0) is 11.0 Å². The van der Waals surface area contributed by atoms with E-state index in [9.17, 15) is 18.0 Å². The summed E-state index contributed by atoms with van der Waals surface area (Å²) in [6, 6.07) is 4.63. The van der Waals surface area contributed by atoms with Crippen LogP contribution in [0.4, 0.5) is 18.9 Å². The maximum absolute atomic E-state index is 12.9. The lowest BCUT2D eigenvalue weighted by molar-refractivity contribution is -0.137. The summed E-state index contributed by atoms with van der Waals surface area (Å²) in [4.78, 5) is 11.9. The molecule has 0 radical (unpaired) electrons. The zero-order valence-electron chi connectivity index (χ0n) is 12.0. The number of anilines is 1. The molecule has 0 amide bonds. The summed E-state index contributed by atoms with van der Waals surface area (Å²) in [5, 5.41) is 12.3. The van der Waals surface area contributed by atoms with E-state index >= 15 is 0 Å². The first-order chi connectivity index (χ1) is 9.96. The van der Waals surface area contributed by atoms with Gasteiger partial charge in [0.05, 0.1) is 11.3 Å². The molecular weight excluding hydrogens is 319 g/mol. The van der Waals surface area contributed by atoms with Gasteiger partial charge in [0.15, 0.2) is 5.78 Å². The minimum Gasteiger partial charge on any atom is -0.291 e. The number of nitrogens with zero attached hydrogens (tertiary/aromatic N) is 2. The van der Waals surface area contributed by atoms with Crippen molar-refractivity contribution in [1.82, 2.24) is 0 Å². The number of benzene rings is 1. The predicted molar refractivity (Wildman–Crippen MR) is 77.6 cm³/mol. The molecule has 8 heteroatoms. The van der Waals surface area contributed by atoms with Crippen LogP contribution in [0.2, 0.25) is 5.02 Å². The third kappa shape index (κ3) is 4.46. The molecular formula is C14H13ClF3N3O. The number of alkyl halides is 3. The van der Waals surface area contributed by atoms with E-state index < -0.39 is 34.3 Å². The molecule has 1 rings (SSSR count). The Hall–Kier alpha value is -2.07. The fourth-order valence-electron chi connectivity index (χ4n) is 1.45. The summed E-state index contributed by atoms with van der Waals surface area (Å²) >= 11 is 5.55. The first-order valence-electron chi connectivity index (χ1n) is 6.12. The van der Waals surface area contributed by atoms with Crippen molar-refractivity contribution in [1.29, 1.82) is 5.26 Å². The second-order valence-electron chi connectivity index (χ2n) is 5.45. The second kappa shape index (κ2) is 6.36. The summed E-state index contributed by atoms with van der Waals surface area (Å²) in [6.45, 7) is 4.73. The Morgan fingerprint density at radius 1 is 1.32 bits per heavy atom. The van der Waals surface area contributed by atoms with Crippen molar-refractivity contribution in [2.45, 2.75) is 26.9 Å². The zero-order chi connectivity index (χ0) is 17.1. The van der Waals surface area contributed by atoms with Crippen molar-refractivity contribution in [2.24, 2.45) is 10.5 Å². The molecule has 0 fully saturated rings. The largest absolute Gasteiger partial charge is 0.418 e. The average Bonchev–Trinajstić information content (AvgIpc) is 2.38. The molecule has 0 unspecified atom stereocenters. The highest BCUT2D eigenvalue weighted by Gasteiger charge is 2.34. The Balaban J connectivity index is 3.18. The Kier molecular flexibility index (Phi) is 5.20. The maximum atomic E-state index is 12.9. The van der Waals surface area contributed by atoms with Gasteiger partial charge in [0.2, 0.25) is 5.71 Å². The highest BCUT2D eigenvalue weighted by atomic mass is 35.5. The predicted octanol–water partition coefficient (Wildman–Crippen LogP) is 4.27. The lowest BCUT2D eigenvalue weighted by atomic mass is 9.88. The van der Waals surface area contributed by atoms with Crippen molar-refractivity contribution in [2.75, 3.05) is 5.43 Å². The average molecular weight is 332 g/mol. The number of hydrogen-bond donors (Lipinski definition) is 1. The van der Waals surface area contributed by atoms with Crippen molar-refractivity contribution in [3.63, 3.8) is 0 Å². The lowest BCUT2D eigenvalue weighted by Crippen LogP contribution is -2.28. The van der Waals surface area contributed by atoms with Crippen molar-refractivity contribution >= 4 is 28.8 Å². The number of nitriles is 1. The Labute approximate surface area is 130 Å². The minimum absolute atomic E-state index is 0.0897. The van der Waals surface area contributed by atoms with Crippen LogP contribution in [0.25, 0.3) is 0 Å². The molecule has 1 aromatic rings. The molecule has 22 heavy (non-hydrogen) atoms. The highest BCUT2D eigenvalue weighted by Crippen LogP contribution is 2.36. The molecule has 0 aliphatic heterocycles. The van der Waals surface area contributed by atoms with E-state index in [0.717, 1.165) is 12.1 Å². The van der Waals surface area contributed by atoms with Crippen LogP contribution in [0.5, 0.6) is 0 Å². The van der Waals surface area contributed by atoms with Gasteiger partial charge in [0.1, 0.15) is 6.07 Å². The standard InChI is InChI=1S/C14H13ClF3N3O/c1-13(2,3)12(22)11(7-19)21-20-10-5-4-8(15)6-9(10)14(16,17)18/h4-6,20H,1-3H3. The first-order valence-corrected chi connectivity index (χ1v) is 6.50. The Morgan fingerprint density at radius 3 is 2.36 bits per heavy atom. The Bertz CT molecular complexity index is 655. The summed E-state index contributed by atoms with van der Waals surface area (Å²) < 4.78 is 38.7. The fraction of sp³-hybridized carbons (Fsp3) is 0.357. The molecule has 0 saturated heterocycles. The monoisotopic (exact) mass is 331 g/mol. The third-order valence-corrected chi connectivity index (χ3v) is 2.81. The van der Waals surface area contributed by atoms with E-state index in [1.54, 1.807) is 26.8 Å². The summed E-state index contributed by atoms with van der Waals surface area (Å²) in [5.41, 5.74) is -0.694. The first kappa shape index (κ1) is 18.0. The van der Waals surface area contributed by atoms with Gasteiger partial charge in [-0.25, -0.2) is 0 Å². The van der Waals surface area contributed by atoms with E-state index in [4.69, 9.17) is 16.9 Å². The van der Waals surface area contributed by atoms with Gasteiger partial charge in [0.25, 0.3) is 0 Å². The second-order valence-corrected chi connectivity index (χ2v) is 5.89. The molecule has 0 aromatic heterocycles. The van der Waals surface area contributed by atoms with Gasteiger partial charge >= 0.3 is 6.18 Å². The molecule has 0 bridgehead atoms. The van der Waals surface area contributed by atoms with E-state index in [-0.39, 0.29) is 5.02 Å². The van der Waals surface area contributed by atoms with Crippen molar-refractivity contribution in [3.8, 4) is 6.07 Å². The quantitative estimate of drug-likeness (QED) is 0.664. The van der Waals surface area contributed by atoms with E-state index in [2.05, 4.69) is 10.5 Å². The lowest BCUT2D eigenvalue weighted by Gasteiger charge is -2.15. The fourth-order valence-corrected chi connectivity index (χ4v) is 1.62. The number of hydrazone groups is 1. The van der Waals surface area contributed by atoms with Crippen LogP contribution in [-0.4, -0.2) is 11.5 Å². The van der Waals surface area contributed by atoms with Crippen LogP contribution in [0, 0.1) is 16.7 Å². The van der Waals surface area contributed by atoms with Crippen LogP contribution in [0.1, 0.15) is 26.3 Å². The summed E-state index contributed by atoms with van der Waals surface area (Å²) in [5.74, 6) is -0.579. The third-order valence-electron chi connectivity index (χ3n) is 2.58. The number of halogens is 4. The number of rotatable bonds is 3. The van der Waals surface area contributed by atoms with Gasteiger partial charge in [-0.2, -0.15) is 23.5 Å². The van der Waals surface area contributed by atoms with Crippen LogP contribution < -0.4 is 5.43 Å². The minimum atomic E-state index is -4.65. The summed E-state index contributed by atoms with van der Waals surface area (Å²) in [6.07, 6.45) is -4.65. The van der Waals surface area contributed by atoms with Gasteiger partial charge in [-0.05, 0) is 18.2 Å². The number of nitrogens with one attached hydrogen (secondary N) is 1. The molecule has 0 heterocycles. The van der Waals surface area contributed by atoms with Crippen LogP contribution in [0.15, 0.2) is 23.3 Å². The molecule has 0 aliphatic rings. The van der Waals surface area contributed by atoms with Crippen LogP contribution >= 0.6 is 11.6 Å². The van der Waals surface area contributed by atoms with Crippen LogP contribution in [0.3, 0.4) is 0 Å². The van der Waals surface area contributed by atoms with E-state index in [1.165, 1.54) is 6.07 Å². The number of hydrogen-bond acceptors (Lipinski definition) is 4. The molecule has 1 aromatic carbocycles. The molecule has 0 aliphatic carbocycles. The van der Waals surface area contributed by atoms with E-state index in [0.29, 0.717) is 0 Å². The SMILES string of the molecule is CC(C)(C)C(=O)C(C#N)=NNc1ccc(Cl)cc1C(F)(F)F. The molecule has 118 valence electrons. The number of carbonyl (C=O) groups is 1. The molecule has 0 saturated carbocycles. The zero-order valence-corrected chi connectivity index (χ0v) is 12.8.